The lowest BCUT2D eigenvalue weighted by molar-refractivity contribution is -0.158. The van der Waals surface area contributed by atoms with Crippen molar-refractivity contribution in [3.63, 3.8) is 0 Å². The van der Waals surface area contributed by atoms with E-state index in [0.717, 1.165) is 25.7 Å². The Morgan fingerprint density at radius 1 is 1.00 bits per heavy atom. The molecule has 2 fully saturated rings. The molecule has 1 aromatic carbocycles. The molecule has 2 amide bonds. The van der Waals surface area contributed by atoms with E-state index in [1.165, 1.54) is 11.1 Å². The Morgan fingerprint density at radius 3 is 2.33 bits per heavy atom. The van der Waals surface area contributed by atoms with Crippen LogP contribution in [0.2, 0.25) is 0 Å². The second-order valence-corrected chi connectivity index (χ2v) is 12.0. The second kappa shape index (κ2) is 15.6. The summed E-state index contributed by atoms with van der Waals surface area (Å²) in [5.74, 6) is -0.844. The lowest BCUT2D eigenvalue weighted by Gasteiger charge is -2.35. The molecule has 1 saturated carbocycles. The van der Waals surface area contributed by atoms with E-state index in [4.69, 9.17) is 19.0 Å². The zero-order chi connectivity index (χ0) is 32.4. The third-order valence-electron chi connectivity index (χ3n) is 7.23. The summed E-state index contributed by atoms with van der Waals surface area (Å²) in [4.78, 5) is 67.5. The number of nitrogens with one attached hydrogen (secondary N) is 1. The average Bonchev–Trinajstić information content (AvgIpc) is 3.52. The van der Waals surface area contributed by atoms with Gasteiger partial charge in [0.25, 0.3) is 5.91 Å². The maximum atomic E-state index is 13.7. The molecule has 13 heteroatoms. The van der Waals surface area contributed by atoms with E-state index in [-0.39, 0.29) is 69.2 Å². The third-order valence-corrected chi connectivity index (χ3v) is 7.23. The summed E-state index contributed by atoms with van der Waals surface area (Å²) in [6, 6.07) is 9.71. The summed E-state index contributed by atoms with van der Waals surface area (Å²) in [5.41, 5.74) is 0.0584. The van der Waals surface area contributed by atoms with Crippen molar-refractivity contribution >= 4 is 23.9 Å². The molecule has 1 aromatic heterocycles. The van der Waals surface area contributed by atoms with Gasteiger partial charge in [-0.3, -0.25) is 14.4 Å². The van der Waals surface area contributed by atoms with Crippen molar-refractivity contribution in [1.29, 1.82) is 0 Å². The Labute approximate surface area is 263 Å². The molecule has 4 rings (SSSR count). The van der Waals surface area contributed by atoms with Crippen LogP contribution < -0.4 is 10.1 Å². The molecule has 1 saturated heterocycles. The number of aromatic nitrogens is 2. The summed E-state index contributed by atoms with van der Waals surface area (Å²) >= 11 is 0. The summed E-state index contributed by atoms with van der Waals surface area (Å²) in [6.45, 7) is 8.13. The molecule has 2 aromatic rings. The normalized spacial score (nSPS) is 16.5. The van der Waals surface area contributed by atoms with Gasteiger partial charge in [0.05, 0.1) is 19.7 Å². The van der Waals surface area contributed by atoms with E-state index in [1.54, 1.807) is 32.6 Å². The molecular formula is C32H43N5O8. The zero-order valence-corrected chi connectivity index (χ0v) is 26.5. The van der Waals surface area contributed by atoms with Crippen molar-refractivity contribution < 1.29 is 38.2 Å². The fraction of sp³-hybridized carbons (Fsp3) is 0.562. The number of amides is 2. The Kier molecular flexibility index (Phi) is 11.7. The Balaban J connectivity index is 1.52. The molecule has 0 radical (unpaired) electrons. The molecule has 1 aliphatic heterocycles. The van der Waals surface area contributed by atoms with E-state index in [1.807, 2.05) is 30.3 Å². The standard InChI is InChI=1S/C32H43N5O8/c1-5-42-31(41)45-37-19-17-36(18-20-37)30(40)24(15-16-27(38)44-32(2,3)4)34-29(39)25-21-26(43-23-13-9-10-14-23)35-28(33-25)22-11-7-6-8-12-22/h6-8,11-12,21,23-24H,5,9-10,13-20H2,1-4H3,(H,34,39)/t24-/m0/s1. The number of ether oxygens (including phenoxy) is 3. The van der Waals surface area contributed by atoms with Gasteiger partial charge in [0, 0.05) is 31.1 Å². The molecular weight excluding hydrogens is 582 g/mol. The van der Waals surface area contributed by atoms with Crippen molar-refractivity contribution in [3.8, 4) is 17.3 Å². The van der Waals surface area contributed by atoms with Gasteiger partial charge in [0.1, 0.15) is 23.4 Å². The largest absolute Gasteiger partial charge is 0.527 e. The predicted molar refractivity (Wildman–Crippen MR) is 163 cm³/mol. The summed E-state index contributed by atoms with van der Waals surface area (Å²) < 4.78 is 16.4. The van der Waals surface area contributed by atoms with Crippen molar-refractivity contribution in [1.82, 2.24) is 25.2 Å². The monoisotopic (exact) mass is 625 g/mol. The van der Waals surface area contributed by atoms with Crippen molar-refractivity contribution in [2.45, 2.75) is 84.0 Å². The molecule has 0 bridgehead atoms. The molecule has 1 N–H and O–H groups in total. The highest BCUT2D eigenvalue weighted by Crippen LogP contribution is 2.25. The maximum absolute atomic E-state index is 13.7. The van der Waals surface area contributed by atoms with Gasteiger partial charge in [-0.25, -0.2) is 9.78 Å². The fourth-order valence-corrected chi connectivity index (χ4v) is 5.11. The van der Waals surface area contributed by atoms with Crippen molar-refractivity contribution in [2.24, 2.45) is 0 Å². The number of benzene rings is 1. The third kappa shape index (κ3) is 10.4. The first-order valence-corrected chi connectivity index (χ1v) is 15.5. The summed E-state index contributed by atoms with van der Waals surface area (Å²) in [5, 5.41) is 4.23. The molecule has 1 atom stereocenters. The van der Waals surface area contributed by atoms with E-state index in [0.29, 0.717) is 11.4 Å². The van der Waals surface area contributed by atoms with Gasteiger partial charge >= 0.3 is 12.1 Å². The van der Waals surface area contributed by atoms with Crippen molar-refractivity contribution in [3.05, 3.63) is 42.1 Å². The highest BCUT2D eigenvalue weighted by atomic mass is 16.8. The van der Waals surface area contributed by atoms with Crippen LogP contribution in [0.1, 0.15) is 76.7 Å². The van der Waals surface area contributed by atoms with Gasteiger partial charge in [-0.1, -0.05) is 30.3 Å². The van der Waals surface area contributed by atoms with Gasteiger partial charge in [-0.15, -0.1) is 5.06 Å². The fourth-order valence-electron chi connectivity index (χ4n) is 5.11. The molecule has 2 heterocycles. The number of hydrogen-bond donors (Lipinski definition) is 1. The number of carbonyl (C=O) groups is 4. The van der Waals surface area contributed by atoms with Crippen LogP contribution in [-0.2, 0) is 23.9 Å². The van der Waals surface area contributed by atoms with Gasteiger partial charge in [-0.05, 0) is 59.8 Å². The molecule has 2 aliphatic rings. The van der Waals surface area contributed by atoms with Gasteiger partial charge in [0.15, 0.2) is 5.82 Å². The van der Waals surface area contributed by atoms with Crippen LogP contribution in [-0.4, -0.2) is 94.4 Å². The summed E-state index contributed by atoms with van der Waals surface area (Å²) in [6.07, 6.45) is 3.08. The molecule has 0 spiro atoms. The van der Waals surface area contributed by atoms with Crippen LogP contribution in [0, 0.1) is 0 Å². The second-order valence-electron chi connectivity index (χ2n) is 12.0. The molecule has 13 nitrogen and oxygen atoms in total. The number of nitrogens with zero attached hydrogens (tertiary/aromatic N) is 4. The smallest absolute Gasteiger partial charge is 0.474 e. The van der Waals surface area contributed by atoms with Crippen LogP contribution in [0.4, 0.5) is 4.79 Å². The molecule has 244 valence electrons. The minimum atomic E-state index is -1.04. The lowest BCUT2D eigenvalue weighted by Crippen LogP contribution is -2.55. The molecule has 0 unspecified atom stereocenters. The highest BCUT2D eigenvalue weighted by Gasteiger charge is 2.32. The minimum absolute atomic E-state index is 0.00839. The minimum Gasteiger partial charge on any atom is -0.474 e. The predicted octanol–water partition coefficient (Wildman–Crippen LogP) is 3.92. The van der Waals surface area contributed by atoms with E-state index >= 15 is 0 Å². The van der Waals surface area contributed by atoms with E-state index in [9.17, 15) is 19.2 Å². The number of hydroxylamine groups is 2. The number of hydrogen-bond acceptors (Lipinski definition) is 11. The van der Waals surface area contributed by atoms with E-state index < -0.39 is 29.7 Å². The molecule has 1 aliphatic carbocycles. The first kappa shape index (κ1) is 33.6. The Bertz CT molecular complexity index is 1320. The van der Waals surface area contributed by atoms with Crippen LogP contribution in [0.5, 0.6) is 5.88 Å². The number of piperazine rings is 1. The highest BCUT2D eigenvalue weighted by molar-refractivity contribution is 5.96. The quantitative estimate of drug-likeness (QED) is 0.362. The lowest BCUT2D eigenvalue weighted by atomic mass is 10.1. The van der Waals surface area contributed by atoms with E-state index in [2.05, 4.69) is 15.3 Å². The van der Waals surface area contributed by atoms with Crippen LogP contribution in [0.25, 0.3) is 11.4 Å². The van der Waals surface area contributed by atoms with Crippen LogP contribution >= 0.6 is 0 Å². The number of esters is 1. The topological polar surface area (TPSA) is 149 Å². The Hall–Kier alpha value is -4.26. The SMILES string of the molecule is CCOC(=O)ON1CCN(C(=O)[C@H](CCC(=O)OC(C)(C)C)NC(=O)c2cc(OC3CCCC3)nc(-c3ccccc3)n2)CC1. The first-order chi connectivity index (χ1) is 21.5. The number of rotatable bonds is 11. The first-order valence-electron chi connectivity index (χ1n) is 15.5. The van der Waals surface area contributed by atoms with Crippen LogP contribution in [0.3, 0.4) is 0 Å². The molecule has 45 heavy (non-hydrogen) atoms. The number of carbonyl (C=O) groups excluding carboxylic acids is 4. The maximum Gasteiger partial charge on any atom is 0.527 e. The zero-order valence-electron chi connectivity index (χ0n) is 26.5. The van der Waals surface area contributed by atoms with Crippen LogP contribution in [0.15, 0.2) is 36.4 Å². The summed E-state index contributed by atoms with van der Waals surface area (Å²) in [7, 11) is 0. The van der Waals surface area contributed by atoms with Gasteiger partial charge in [-0.2, -0.15) is 4.98 Å². The Morgan fingerprint density at radius 2 is 1.69 bits per heavy atom. The van der Waals surface area contributed by atoms with Crippen molar-refractivity contribution in [2.75, 3.05) is 32.8 Å². The average molecular weight is 626 g/mol. The van der Waals surface area contributed by atoms with Gasteiger partial charge < -0.3 is 29.3 Å². The van der Waals surface area contributed by atoms with Gasteiger partial charge in [0.2, 0.25) is 11.8 Å².